The van der Waals surface area contributed by atoms with E-state index in [0.29, 0.717) is 30.3 Å². The number of carbonyl (C=O) groups excluding carboxylic acids is 1. The molecule has 2 saturated carbocycles. The number of nitrogens with one attached hydrogen (secondary N) is 1. The lowest BCUT2D eigenvalue weighted by Gasteiger charge is -2.27. The van der Waals surface area contributed by atoms with Gasteiger partial charge in [-0.1, -0.05) is 0 Å². The molecule has 0 aromatic heterocycles. The maximum Gasteiger partial charge on any atom is 0.224 e. The first-order valence-electron chi connectivity index (χ1n) is 7.52. The molecule has 3 fully saturated rings. The van der Waals surface area contributed by atoms with E-state index < -0.39 is 0 Å². The molecule has 2 aliphatic carbocycles. The molecule has 0 aromatic rings. The molecule has 1 amide bonds. The molecule has 0 spiro atoms. The topological polar surface area (TPSA) is 58.4 Å². The van der Waals surface area contributed by atoms with Gasteiger partial charge in [0.15, 0.2) is 0 Å². The Morgan fingerprint density at radius 1 is 1.28 bits per heavy atom. The van der Waals surface area contributed by atoms with Crippen molar-refractivity contribution < 1.29 is 4.79 Å². The summed E-state index contributed by atoms with van der Waals surface area (Å²) in [6.45, 7) is 2.01. The third kappa shape index (κ3) is 3.04. The van der Waals surface area contributed by atoms with Crippen LogP contribution in [0.2, 0.25) is 0 Å². The summed E-state index contributed by atoms with van der Waals surface area (Å²) >= 11 is 0. The van der Waals surface area contributed by atoms with Crippen molar-refractivity contribution >= 4 is 5.91 Å². The van der Waals surface area contributed by atoms with Crippen LogP contribution in [-0.4, -0.2) is 42.0 Å². The molecular formula is C14H25N3O. The van der Waals surface area contributed by atoms with Gasteiger partial charge < -0.3 is 16.0 Å². The van der Waals surface area contributed by atoms with Crippen LogP contribution in [0.1, 0.15) is 44.9 Å². The summed E-state index contributed by atoms with van der Waals surface area (Å²) in [6.07, 6.45) is 7.86. The molecule has 0 radical (unpaired) electrons. The Balaban J connectivity index is 1.52. The van der Waals surface area contributed by atoms with Gasteiger partial charge in [0.05, 0.1) is 0 Å². The fraction of sp³-hybridized carbons (Fsp3) is 0.929. The van der Waals surface area contributed by atoms with Crippen LogP contribution in [0.15, 0.2) is 0 Å². The van der Waals surface area contributed by atoms with Crippen molar-refractivity contribution in [3.8, 4) is 0 Å². The SMILES string of the molecule is N[C@H](CC(=O)N(C[C@H]1CCCN1)C1CC1)C1CC1. The lowest BCUT2D eigenvalue weighted by Crippen LogP contribution is -2.44. The summed E-state index contributed by atoms with van der Waals surface area (Å²) in [6, 6.07) is 1.15. The van der Waals surface area contributed by atoms with Crippen molar-refractivity contribution in [3.05, 3.63) is 0 Å². The van der Waals surface area contributed by atoms with Crippen molar-refractivity contribution in [2.45, 2.75) is 63.1 Å². The number of nitrogens with two attached hydrogens (primary N) is 1. The van der Waals surface area contributed by atoms with E-state index in [1.165, 1.54) is 38.5 Å². The minimum Gasteiger partial charge on any atom is -0.338 e. The van der Waals surface area contributed by atoms with Crippen LogP contribution in [0, 0.1) is 5.92 Å². The van der Waals surface area contributed by atoms with Crippen LogP contribution in [0.5, 0.6) is 0 Å². The quantitative estimate of drug-likeness (QED) is 0.736. The molecule has 0 bridgehead atoms. The average Bonchev–Trinajstić information content (AvgIpc) is 3.25. The van der Waals surface area contributed by atoms with E-state index in [4.69, 9.17) is 5.73 Å². The van der Waals surface area contributed by atoms with Gasteiger partial charge in [0.25, 0.3) is 0 Å². The summed E-state index contributed by atoms with van der Waals surface area (Å²) in [5.41, 5.74) is 6.08. The van der Waals surface area contributed by atoms with Crippen LogP contribution < -0.4 is 11.1 Å². The third-order valence-corrected chi connectivity index (χ3v) is 4.53. The van der Waals surface area contributed by atoms with Crippen molar-refractivity contribution in [1.29, 1.82) is 0 Å². The molecule has 3 aliphatic rings. The first-order valence-corrected chi connectivity index (χ1v) is 7.52. The molecule has 0 unspecified atom stereocenters. The summed E-state index contributed by atoms with van der Waals surface area (Å²) in [4.78, 5) is 14.5. The zero-order chi connectivity index (χ0) is 12.5. The maximum atomic E-state index is 12.4. The lowest BCUT2D eigenvalue weighted by atomic mass is 10.1. The van der Waals surface area contributed by atoms with E-state index in [2.05, 4.69) is 10.2 Å². The first-order chi connectivity index (χ1) is 8.74. The molecule has 18 heavy (non-hydrogen) atoms. The van der Waals surface area contributed by atoms with Gasteiger partial charge >= 0.3 is 0 Å². The van der Waals surface area contributed by atoms with Gasteiger partial charge in [0.2, 0.25) is 5.91 Å². The van der Waals surface area contributed by atoms with Crippen LogP contribution in [0.3, 0.4) is 0 Å². The average molecular weight is 251 g/mol. The second-order valence-corrected chi connectivity index (χ2v) is 6.28. The van der Waals surface area contributed by atoms with Gasteiger partial charge in [0, 0.05) is 31.1 Å². The number of carbonyl (C=O) groups is 1. The van der Waals surface area contributed by atoms with Gasteiger partial charge in [-0.3, -0.25) is 4.79 Å². The summed E-state index contributed by atoms with van der Waals surface area (Å²) in [7, 11) is 0. The van der Waals surface area contributed by atoms with Gasteiger partial charge in [0.1, 0.15) is 0 Å². The molecule has 1 heterocycles. The van der Waals surface area contributed by atoms with Crippen molar-refractivity contribution in [3.63, 3.8) is 0 Å². The summed E-state index contributed by atoms with van der Waals surface area (Å²) in [5, 5.41) is 3.49. The molecule has 4 heteroatoms. The molecular weight excluding hydrogens is 226 g/mol. The van der Waals surface area contributed by atoms with E-state index in [1.807, 2.05) is 0 Å². The second kappa shape index (κ2) is 5.17. The Bertz CT molecular complexity index is 306. The predicted molar refractivity (Wildman–Crippen MR) is 71.1 cm³/mol. The van der Waals surface area contributed by atoms with Crippen LogP contribution in [0.25, 0.3) is 0 Å². The molecule has 0 aromatic carbocycles. The lowest BCUT2D eigenvalue weighted by molar-refractivity contribution is -0.132. The third-order valence-electron chi connectivity index (χ3n) is 4.53. The Kier molecular flexibility index (Phi) is 3.57. The van der Waals surface area contributed by atoms with Crippen LogP contribution in [-0.2, 0) is 4.79 Å². The number of rotatable bonds is 6. The second-order valence-electron chi connectivity index (χ2n) is 6.28. The summed E-state index contributed by atoms with van der Waals surface area (Å²) in [5.74, 6) is 0.921. The van der Waals surface area contributed by atoms with Gasteiger partial charge in [-0.2, -0.15) is 0 Å². The van der Waals surface area contributed by atoms with Crippen molar-refractivity contribution in [1.82, 2.24) is 10.2 Å². The molecule has 2 atom stereocenters. The van der Waals surface area contributed by atoms with E-state index in [1.54, 1.807) is 0 Å². The zero-order valence-electron chi connectivity index (χ0n) is 11.1. The molecule has 1 aliphatic heterocycles. The van der Waals surface area contributed by atoms with Gasteiger partial charge in [-0.25, -0.2) is 0 Å². The molecule has 4 nitrogen and oxygen atoms in total. The van der Waals surface area contributed by atoms with E-state index in [-0.39, 0.29) is 6.04 Å². The molecule has 3 N–H and O–H groups in total. The van der Waals surface area contributed by atoms with E-state index in [0.717, 1.165) is 13.1 Å². The Morgan fingerprint density at radius 2 is 2.06 bits per heavy atom. The summed E-state index contributed by atoms with van der Waals surface area (Å²) < 4.78 is 0. The number of hydrogen-bond donors (Lipinski definition) is 2. The number of hydrogen-bond acceptors (Lipinski definition) is 3. The molecule has 3 rings (SSSR count). The number of nitrogens with zero attached hydrogens (tertiary/aromatic N) is 1. The van der Waals surface area contributed by atoms with Crippen LogP contribution >= 0.6 is 0 Å². The highest BCUT2D eigenvalue weighted by Crippen LogP contribution is 2.34. The normalized spacial score (nSPS) is 29.3. The van der Waals surface area contributed by atoms with Gasteiger partial charge in [-0.15, -0.1) is 0 Å². The minimum atomic E-state index is 0.107. The highest BCUT2D eigenvalue weighted by molar-refractivity contribution is 5.77. The van der Waals surface area contributed by atoms with Crippen LogP contribution in [0.4, 0.5) is 0 Å². The predicted octanol–water partition coefficient (Wildman–Crippen LogP) is 0.857. The highest BCUT2D eigenvalue weighted by Gasteiger charge is 2.37. The number of amides is 1. The minimum absolute atomic E-state index is 0.107. The Morgan fingerprint density at radius 3 is 2.61 bits per heavy atom. The highest BCUT2D eigenvalue weighted by atomic mass is 16.2. The van der Waals surface area contributed by atoms with Crippen molar-refractivity contribution in [2.75, 3.05) is 13.1 Å². The fourth-order valence-electron chi connectivity index (χ4n) is 3.00. The van der Waals surface area contributed by atoms with E-state index >= 15 is 0 Å². The molecule has 1 saturated heterocycles. The standard InChI is InChI=1S/C14H25N3O/c15-13(10-3-4-10)8-14(18)17(12-5-6-12)9-11-2-1-7-16-11/h10-13,16H,1-9,15H2/t11-,13-/m1/s1. The maximum absolute atomic E-state index is 12.4. The fourth-order valence-corrected chi connectivity index (χ4v) is 3.00. The first kappa shape index (κ1) is 12.4. The Hall–Kier alpha value is -0.610. The van der Waals surface area contributed by atoms with Crippen molar-refractivity contribution in [2.24, 2.45) is 11.7 Å². The Labute approximate surface area is 109 Å². The van der Waals surface area contributed by atoms with E-state index in [9.17, 15) is 4.79 Å². The monoisotopic (exact) mass is 251 g/mol. The zero-order valence-corrected chi connectivity index (χ0v) is 11.1. The molecule has 102 valence electrons. The smallest absolute Gasteiger partial charge is 0.224 e. The van der Waals surface area contributed by atoms with Gasteiger partial charge in [-0.05, 0) is 51.0 Å². The largest absolute Gasteiger partial charge is 0.338 e.